The molecular formula is C23H34O5. The number of fused-ring (bicyclic) bond motifs is 1. The van der Waals surface area contributed by atoms with E-state index in [-0.39, 0.29) is 13.2 Å². The van der Waals surface area contributed by atoms with Crippen molar-refractivity contribution in [3.05, 3.63) is 34.9 Å². The SMILES string of the molecule is CCCCCCOc1cccc2c1CC(O)C(COCC(=O)OC(C)(C)C)=C2. The van der Waals surface area contributed by atoms with Crippen LogP contribution in [-0.4, -0.2) is 42.6 Å². The molecule has 0 heterocycles. The fourth-order valence-corrected chi connectivity index (χ4v) is 3.16. The van der Waals surface area contributed by atoms with E-state index in [9.17, 15) is 9.90 Å². The topological polar surface area (TPSA) is 65.0 Å². The van der Waals surface area contributed by atoms with Crippen molar-refractivity contribution in [2.75, 3.05) is 19.8 Å². The van der Waals surface area contributed by atoms with Crippen molar-refractivity contribution >= 4 is 12.0 Å². The molecule has 28 heavy (non-hydrogen) atoms. The number of ether oxygens (including phenoxy) is 3. The van der Waals surface area contributed by atoms with Gasteiger partial charge in [-0.1, -0.05) is 44.4 Å². The largest absolute Gasteiger partial charge is 0.493 e. The van der Waals surface area contributed by atoms with Crippen LogP contribution < -0.4 is 4.74 Å². The molecule has 0 spiro atoms. The third-order valence-electron chi connectivity index (χ3n) is 4.50. The van der Waals surface area contributed by atoms with Gasteiger partial charge in [0.15, 0.2) is 0 Å². The molecule has 0 bridgehead atoms. The molecule has 156 valence electrons. The van der Waals surface area contributed by atoms with Gasteiger partial charge in [0.25, 0.3) is 0 Å². The normalized spacial score (nSPS) is 16.3. The minimum Gasteiger partial charge on any atom is -0.493 e. The van der Waals surface area contributed by atoms with Crippen molar-refractivity contribution in [2.24, 2.45) is 0 Å². The molecule has 0 saturated carbocycles. The van der Waals surface area contributed by atoms with Gasteiger partial charge in [-0.05, 0) is 44.4 Å². The van der Waals surface area contributed by atoms with Crippen molar-refractivity contribution in [3.8, 4) is 5.75 Å². The molecule has 0 saturated heterocycles. The standard InChI is InChI=1S/C23H34O5/c1-5-6-7-8-12-27-21-11-9-10-17-13-18(20(24)14-19(17)21)15-26-16-22(25)28-23(2,3)4/h9-11,13,20,24H,5-8,12,14-16H2,1-4H3. The summed E-state index contributed by atoms with van der Waals surface area (Å²) >= 11 is 0. The van der Waals surface area contributed by atoms with Crippen LogP contribution in [0.4, 0.5) is 0 Å². The van der Waals surface area contributed by atoms with Crippen LogP contribution in [0.2, 0.25) is 0 Å². The predicted octanol–water partition coefficient (Wildman–Crippen LogP) is 4.30. The Morgan fingerprint density at radius 1 is 1.21 bits per heavy atom. The molecule has 0 radical (unpaired) electrons. The van der Waals surface area contributed by atoms with Crippen LogP contribution in [0.5, 0.6) is 5.75 Å². The first-order valence-corrected chi connectivity index (χ1v) is 10.2. The van der Waals surface area contributed by atoms with Crippen molar-refractivity contribution < 1.29 is 24.1 Å². The third-order valence-corrected chi connectivity index (χ3v) is 4.50. The van der Waals surface area contributed by atoms with Crippen LogP contribution in [0, 0.1) is 0 Å². The zero-order valence-electron chi connectivity index (χ0n) is 17.6. The lowest BCUT2D eigenvalue weighted by Crippen LogP contribution is -2.28. The molecule has 0 fully saturated rings. The van der Waals surface area contributed by atoms with Gasteiger partial charge in [-0.25, -0.2) is 4.79 Å². The molecule has 1 aromatic rings. The van der Waals surface area contributed by atoms with E-state index in [2.05, 4.69) is 6.92 Å². The Morgan fingerprint density at radius 3 is 2.71 bits per heavy atom. The summed E-state index contributed by atoms with van der Waals surface area (Å²) in [6, 6.07) is 5.94. The molecule has 1 atom stereocenters. The van der Waals surface area contributed by atoms with Crippen molar-refractivity contribution in [2.45, 2.75) is 71.5 Å². The summed E-state index contributed by atoms with van der Waals surface area (Å²) in [5, 5.41) is 10.5. The molecule has 1 aliphatic carbocycles. The number of hydrogen-bond donors (Lipinski definition) is 1. The number of hydrogen-bond acceptors (Lipinski definition) is 5. The van der Waals surface area contributed by atoms with E-state index in [4.69, 9.17) is 14.2 Å². The highest BCUT2D eigenvalue weighted by Crippen LogP contribution is 2.31. The van der Waals surface area contributed by atoms with Gasteiger partial charge in [-0.3, -0.25) is 0 Å². The highest BCUT2D eigenvalue weighted by molar-refractivity contribution is 5.71. The summed E-state index contributed by atoms with van der Waals surface area (Å²) in [4.78, 5) is 11.7. The van der Waals surface area contributed by atoms with E-state index in [1.165, 1.54) is 19.3 Å². The smallest absolute Gasteiger partial charge is 0.332 e. The summed E-state index contributed by atoms with van der Waals surface area (Å²) in [6.07, 6.45) is 6.43. The molecule has 1 unspecified atom stereocenters. The number of aliphatic hydroxyl groups excluding tert-OH is 1. The summed E-state index contributed by atoms with van der Waals surface area (Å²) in [7, 11) is 0. The zero-order chi connectivity index (χ0) is 20.6. The maximum absolute atomic E-state index is 11.7. The van der Waals surface area contributed by atoms with Gasteiger partial charge < -0.3 is 19.3 Å². The Hall–Kier alpha value is -1.85. The fourth-order valence-electron chi connectivity index (χ4n) is 3.16. The van der Waals surface area contributed by atoms with Crippen LogP contribution in [0.3, 0.4) is 0 Å². The van der Waals surface area contributed by atoms with Crippen molar-refractivity contribution in [1.82, 2.24) is 0 Å². The van der Waals surface area contributed by atoms with E-state index in [0.29, 0.717) is 13.0 Å². The summed E-state index contributed by atoms with van der Waals surface area (Å²) in [5.41, 5.74) is 2.29. The number of carbonyl (C=O) groups excluding carboxylic acids is 1. The second-order valence-electron chi connectivity index (χ2n) is 8.25. The first-order valence-electron chi connectivity index (χ1n) is 10.2. The van der Waals surface area contributed by atoms with E-state index in [1.54, 1.807) is 0 Å². The van der Waals surface area contributed by atoms with Gasteiger partial charge in [0.1, 0.15) is 18.0 Å². The first kappa shape index (κ1) is 22.4. The Balaban J connectivity index is 1.92. The predicted molar refractivity (Wildman–Crippen MR) is 110 cm³/mol. The molecule has 1 N–H and O–H groups in total. The fraction of sp³-hybridized carbons (Fsp3) is 0.609. The van der Waals surface area contributed by atoms with Crippen LogP contribution in [0.15, 0.2) is 23.8 Å². The molecular weight excluding hydrogens is 356 g/mol. The Bertz CT molecular complexity index is 672. The molecule has 5 nitrogen and oxygen atoms in total. The maximum atomic E-state index is 11.7. The minimum absolute atomic E-state index is 0.130. The molecule has 0 aliphatic heterocycles. The number of unbranched alkanes of at least 4 members (excludes halogenated alkanes) is 3. The minimum atomic E-state index is -0.643. The average Bonchev–Trinajstić information content (AvgIpc) is 2.61. The van der Waals surface area contributed by atoms with Crippen LogP contribution in [0.1, 0.15) is 64.5 Å². The zero-order valence-corrected chi connectivity index (χ0v) is 17.6. The Labute approximate surface area is 168 Å². The van der Waals surface area contributed by atoms with Gasteiger partial charge in [0, 0.05) is 12.0 Å². The first-order chi connectivity index (χ1) is 13.3. The van der Waals surface area contributed by atoms with Crippen LogP contribution in [-0.2, 0) is 20.7 Å². The molecule has 1 aliphatic rings. The van der Waals surface area contributed by atoms with E-state index in [0.717, 1.165) is 28.9 Å². The Kier molecular flexibility index (Phi) is 8.52. The van der Waals surface area contributed by atoms with Gasteiger partial charge in [-0.15, -0.1) is 0 Å². The molecule has 1 aromatic carbocycles. The van der Waals surface area contributed by atoms with E-state index >= 15 is 0 Å². The van der Waals surface area contributed by atoms with E-state index in [1.807, 2.05) is 45.0 Å². The highest BCUT2D eigenvalue weighted by atomic mass is 16.6. The Morgan fingerprint density at radius 2 is 2.00 bits per heavy atom. The van der Waals surface area contributed by atoms with Crippen molar-refractivity contribution in [1.29, 1.82) is 0 Å². The molecule has 0 aromatic heterocycles. The maximum Gasteiger partial charge on any atom is 0.332 e. The lowest BCUT2D eigenvalue weighted by Gasteiger charge is -2.24. The average molecular weight is 391 g/mol. The summed E-state index contributed by atoms with van der Waals surface area (Å²) < 4.78 is 16.7. The third kappa shape index (κ3) is 7.28. The lowest BCUT2D eigenvalue weighted by molar-refractivity contribution is -0.159. The summed E-state index contributed by atoms with van der Waals surface area (Å²) in [6.45, 7) is 8.41. The van der Waals surface area contributed by atoms with Crippen molar-refractivity contribution in [3.63, 3.8) is 0 Å². The van der Waals surface area contributed by atoms with Gasteiger partial charge >= 0.3 is 5.97 Å². The highest BCUT2D eigenvalue weighted by Gasteiger charge is 2.23. The lowest BCUT2D eigenvalue weighted by atomic mass is 9.89. The van der Waals surface area contributed by atoms with Crippen LogP contribution >= 0.6 is 0 Å². The number of benzene rings is 1. The second kappa shape index (κ2) is 10.6. The molecule has 2 rings (SSSR count). The number of aliphatic hydroxyl groups is 1. The van der Waals surface area contributed by atoms with Crippen LogP contribution in [0.25, 0.3) is 6.08 Å². The van der Waals surface area contributed by atoms with Gasteiger partial charge in [-0.2, -0.15) is 0 Å². The quantitative estimate of drug-likeness (QED) is 0.476. The second-order valence-corrected chi connectivity index (χ2v) is 8.25. The summed E-state index contributed by atoms with van der Waals surface area (Å²) in [5.74, 6) is 0.440. The molecule has 0 amide bonds. The van der Waals surface area contributed by atoms with Gasteiger partial charge in [0.05, 0.1) is 19.3 Å². The van der Waals surface area contributed by atoms with E-state index < -0.39 is 17.7 Å². The number of esters is 1. The monoisotopic (exact) mass is 390 g/mol. The number of carbonyl (C=O) groups is 1. The molecule has 5 heteroatoms. The number of rotatable bonds is 10. The van der Waals surface area contributed by atoms with Gasteiger partial charge in [0.2, 0.25) is 0 Å².